The zero-order valence-corrected chi connectivity index (χ0v) is 12.8. The van der Waals surface area contributed by atoms with Crippen molar-refractivity contribution in [2.45, 2.75) is 26.0 Å². The topological polar surface area (TPSA) is 78.1 Å². The lowest BCUT2D eigenvalue weighted by atomic mass is 10.3. The second kappa shape index (κ2) is 6.27. The van der Waals surface area contributed by atoms with Crippen molar-refractivity contribution in [1.82, 2.24) is 29.4 Å². The molecule has 118 valence electrons. The molecule has 3 rings (SSSR count). The van der Waals surface area contributed by atoms with Crippen molar-refractivity contribution in [2.75, 3.05) is 19.7 Å². The number of carbonyl (C=O) groups is 1. The van der Waals surface area contributed by atoms with Gasteiger partial charge in [0.25, 0.3) is 5.91 Å². The molecule has 1 unspecified atom stereocenters. The van der Waals surface area contributed by atoms with Gasteiger partial charge in [-0.3, -0.25) is 4.79 Å². The molecule has 1 amide bonds. The van der Waals surface area contributed by atoms with Crippen molar-refractivity contribution in [3.8, 4) is 0 Å². The standard InChI is InChI=1S/C14H20N6O2/c1-3-22-10-11-8-20(17-16-11)12-4-6-19(9-12)14(21)13-15-5-7-18(13)2/h5,7-8,12H,3-4,6,9-10H2,1-2H3. The van der Waals surface area contributed by atoms with E-state index in [4.69, 9.17) is 4.74 Å². The van der Waals surface area contributed by atoms with Gasteiger partial charge in [-0.2, -0.15) is 0 Å². The van der Waals surface area contributed by atoms with Crippen LogP contribution in [0.1, 0.15) is 35.7 Å². The van der Waals surface area contributed by atoms with Crippen LogP contribution in [0.3, 0.4) is 0 Å². The molecule has 0 radical (unpaired) electrons. The summed E-state index contributed by atoms with van der Waals surface area (Å²) in [6, 6.07) is 0.159. The smallest absolute Gasteiger partial charge is 0.289 e. The fraction of sp³-hybridized carbons (Fsp3) is 0.571. The molecule has 1 fully saturated rings. The first-order valence-electron chi connectivity index (χ1n) is 7.44. The van der Waals surface area contributed by atoms with Crippen LogP contribution in [0.15, 0.2) is 18.6 Å². The van der Waals surface area contributed by atoms with Gasteiger partial charge in [-0.1, -0.05) is 5.21 Å². The van der Waals surface area contributed by atoms with Gasteiger partial charge < -0.3 is 14.2 Å². The number of aryl methyl sites for hydroxylation is 1. The summed E-state index contributed by atoms with van der Waals surface area (Å²) in [5.41, 5.74) is 0.815. The summed E-state index contributed by atoms with van der Waals surface area (Å²) in [5.74, 6) is 0.431. The zero-order chi connectivity index (χ0) is 15.5. The van der Waals surface area contributed by atoms with Crippen LogP contribution in [0, 0.1) is 0 Å². The fourth-order valence-electron chi connectivity index (χ4n) is 2.62. The normalized spacial score (nSPS) is 18.1. The van der Waals surface area contributed by atoms with Crippen LogP contribution in [-0.2, 0) is 18.4 Å². The first-order valence-corrected chi connectivity index (χ1v) is 7.44. The van der Waals surface area contributed by atoms with E-state index in [0.29, 0.717) is 32.1 Å². The van der Waals surface area contributed by atoms with Crippen molar-refractivity contribution in [3.63, 3.8) is 0 Å². The van der Waals surface area contributed by atoms with Gasteiger partial charge >= 0.3 is 0 Å². The van der Waals surface area contributed by atoms with E-state index in [0.717, 1.165) is 12.1 Å². The van der Waals surface area contributed by atoms with Gasteiger partial charge in [0.2, 0.25) is 0 Å². The van der Waals surface area contributed by atoms with Gasteiger partial charge in [-0.25, -0.2) is 9.67 Å². The molecule has 8 nitrogen and oxygen atoms in total. The van der Waals surface area contributed by atoms with Gasteiger partial charge in [-0.15, -0.1) is 5.10 Å². The highest BCUT2D eigenvalue weighted by Gasteiger charge is 2.30. The molecule has 0 aromatic carbocycles. The molecule has 1 saturated heterocycles. The number of aromatic nitrogens is 5. The van der Waals surface area contributed by atoms with Crippen LogP contribution < -0.4 is 0 Å². The molecule has 2 aromatic rings. The Morgan fingerprint density at radius 3 is 3.09 bits per heavy atom. The minimum absolute atomic E-state index is 0.0374. The average molecular weight is 304 g/mol. The van der Waals surface area contributed by atoms with Gasteiger partial charge in [-0.05, 0) is 13.3 Å². The molecular formula is C14H20N6O2. The van der Waals surface area contributed by atoms with Gasteiger partial charge in [0.1, 0.15) is 5.69 Å². The van der Waals surface area contributed by atoms with Crippen molar-refractivity contribution in [1.29, 1.82) is 0 Å². The molecule has 0 saturated carbocycles. The molecule has 8 heteroatoms. The Kier molecular flexibility index (Phi) is 4.19. The molecule has 0 bridgehead atoms. The lowest BCUT2D eigenvalue weighted by Gasteiger charge is -2.16. The summed E-state index contributed by atoms with van der Waals surface area (Å²) >= 11 is 0. The first kappa shape index (κ1) is 14.7. The average Bonchev–Trinajstić information content (AvgIpc) is 3.24. The van der Waals surface area contributed by atoms with Crippen LogP contribution in [-0.4, -0.2) is 55.0 Å². The summed E-state index contributed by atoms with van der Waals surface area (Å²) in [4.78, 5) is 18.4. The van der Waals surface area contributed by atoms with Crippen molar-refractivity contribution in [3.05, 3.63) is 30.1 Å². The quantitative estimate of drug-likeness (QED) is 0.810. The van der Waals surface area contributed by atoms with Gasteiger partial charge in [0.15, 0.2) is 5.82 Å². The number of rotatable bonds is 5. The monoisotopic (exact) mass is 304 g/mol. The number of hydrogen-bond acceptors (Lipinski definition) is 5. The van der Waals surface area contributed by atoms with Crippen LogP contribution in [0.2, 0.25) is 0 Å². The lowest BCUT2D eigenvalue weighted by Crippen LogP contribution is -2.31. The summed E-state index contributed by atoms with van der Waals surface area (Å²) in [7, 11) is 1.82. The highest BCUT2D eigenvalue weighted by atomic mass is 16.5. The molecule has 0 spiro atoms. The first-order chi connectivity index (χ1) is 10.7. The highest BCUT2D eigenvalue weighted by Crippen LogP contribution is 2.22. The van der Waals surface area contributed by atoms with Crippen LogP contribution >= 0.6 is 0 Å². The Morgan fingerprint density at radius 2 is 2.36 bits per heavy atom. The second-order valence-electron chi connectivity index (χ2n) is 5.38. The highest BCUT2D eigenvalue weighted by molar-refractivity contribution is 5.91. The largest absolute Gasteiger partial charge is 0.375 e. The third-order valence-electron chi connectivity index (χ3n) is 3.85. The maximum absolute atomic E-state index is 12.4. The Balaban J connectivity index is 1.63. The SMILES string of the molecule is CCOCc1cn(C2CCN(C(=O)c3nccn3C)C2)nn1. The van der Waals surface area contributed by atoms with Crippen LogP contribution in [0.4, 0.5) is 0 Å². The number of likely N-dealkylation sites (tertiary alicyclic amines) is 1. The third-order valence-corrected chi connectivity index (χ3v) is 3.85. The van der Waals surface area contributed by atoms with Crippen molar-refractivity contribution in [2.24, 2.45) is 7.05 Å². The molecule has 1 atom stereocenters. The van der Waals surface area contributed by atoms with E-state index in [1.807, 2.05) is 29.7 Å². The van der Waals surface area contributed by atoms with E-state index in [-0.39, 0.29) is 11.9 Å². The molecule has 1 aliphatic rings. The fourth-order valence-corrected chi connectivity index (χ4v) is 2.62. The zero-order valence-electron chi connectivity index (χ0n) is 12.8. The lowest BCUT2D eigenvalue weighted by molar-refractivity contribution is 0.0771. The molecule has 2 aromatic heterocycles. The maximum atomic E-state index is 12.4. The number of imidazole rings is 1. The molecule has 3 heterocycles. The van der Waals surface area contributed by atoms with Gasteiger partial charge in [0.05, 0.1) is 18.8 Å². The Bertz CT molecular complexity index is 649. The van der Waals surface area contributed by atoms with E-state index in [2.05, 4.69) is 15.3 Å². The number of amides is 1. The Labute approximate surface area is 128 Å². The predicted octanol–water partition coefficient (Wildman–Crippen LogP) is 0.635. The number of hydrogen-bond donors (Lipinski definition) is 0. The summed E-state index contributed by atoms with van der Waals surface area (Å²) in [6.07, 6.45) is 6.18. The third kappa shape index (κ3) is 2.87. The summed E-state index contributed by atoms with van der Waals surface area (Å²) in [5, 5.41) is 8.25. The predicted molar refractivity (Wildman–Crippen MR) is 78.1 cm³/mol. The minimum atomic E-state index is -0.0374. The second-order valence-corrected chi connectivity index (χ2v) is 5.38. The molecule has 0 aliphatic carbocycles. The number of carbonyl (C=O) groups excluding carboxylic acids is 1. The van der Waals surface area contributed by atoms with Crippen LogP contribution in [0.5, 0.6) is 0 Å². The number of nitrogens with zero attached hydrogens (tertiary/aromatic N) is 6. The molecule has 0 N–H and O–H groups in total. The molecular weight excluding hydrogens is 284 g/mol. The van der Waals surface area contributed by atoms with Gasteiger partial charge in [0, 0.05) is 39.1 Å². The van der Waals surface area contributed by atoms with E-state index in [1.165, 1.54) is 0 Å². The number of ether oxygens (including phenoxy) is 1. The van der Waals surface area contributed by atoms with E-state index in [9.17, 15) is 4.79 Å². The maximum Gasteiger partial charge on any atom is 0.289 e. The summed E-state index contributed by atoms with van der Waals surface area (Å²) in [6.45, 7) is 4.41. The molecule has 22 heavy (non-hydrogen) atoms. The van der Waals surface area contributed by atoms with E-state index < -0.39 is 0 Å². The minimum Gasteiger partial charge on any atom is -0.375 e. The molecule has 1 aliphatic heterocycles. The van der Waals surface area contributed by atoms with E-state index >= 15 is 0 Å². The Morgan fingerprint density at radius 1 is 1.50 bits per heavy atom. The summed E-state index contributed by atoms with van der Waals surface area (Å²) < 4.78 is 8.90. The van der Waals surface area contributed by atoms with E-state index in [1.54, 1.807) is 17.0 Å². The Hall–Kier alpha value is -2.22. The van der Waals surface area contributed by atoms with Crippen LogP contribution in [0.25, 0.3) is 0 Å². The van der Waals surface area contributed by atoms with Crippen molar-refractivity contribution >= 4 is 5.91 Å². The van der Waals surface area contributed by atoms with Crippen molar-refractivity contribution < 1.29 is 9.53 Å².